The molecule has 0 saturated carbocycles. The predicted molar refractivity (Wildman–Crippen MR) is 95.2 cm³/mol. The first kappa shape index (κ1) is 17.3. The molecule has 1 heterocycles. The molecule has 3 rings (SSSR count). The molecule has 1 aromatic heterocycles. The third kappa shape index (κ3) is 4.28. The lowest BCUT2D eigenvalue weighted by Gasteiger charge is -1.99. The summed E-state index contributed by atoms with van der Waals surface area (Å²) in [5.74, 6) is -0.132. The van der Waals surface area contributed by atoms with Crippen molar-refractivity contribution < 1.29 is 4.79 Å². The van der Waals surface area contributed by atoms with Crippen LogP contribution in [-0.4, -0.2) is 32.3 Å². The molecule has 3 aromatic rings. The number of carbonyl (C=O) groups is 1. The van der Waals surface area contributed by atoms with E-state index in [9.17, 15) is 4.79 Å². The van der Waals surface area contributed by atoms with E-state index in [1.165, 1.54) is 6.21 Å². The smallest absolute Gasteiger partial charge is 0.263 e. The average Bonchev–Trinajstić information content (AvgIpc) is 3.11. The number of hydrazone groups is 1. The molecule has 128 valence electrons. The Bertz CT molecular complexity index is 989. The molecule has 1 amide bonds. The SMILES string of the molecule is N#Cc1ccccc1-c1nnn(CC(=O)N/N=C\c2ccc(Cl)cc2)n1. The Balaban J connectivity index is 1.61. The maximum absolute atomic E-state index is 11.9. The average molecular weight is 366 g/mol. The zero-order chi connectivity index (χ0) is 18.4. The molecule has 0 spiro atoms. The normalized spacial score (nSPS) is 10.6. The van der Waals surface area contributed by atoms with Gasteiger partial charge in [-0.1, -0.05) is 35.9 Å². The molecule has 0 unspecified atom stereocenters. The lowest BCUT2D eigenvalue weighted by molar-refractivity contribution is -0.122. The van der Waals surface area contributed by atoms with Crippen molar-refractivity contribution in [3.63, 3.8) is 0 Å². The van der Waals surface area contributed by atoms with Crippen LogP contribution in [0.15, 0.2) is 53.6 Å². The van der Waals surface area contributed by atoms with Crippen LogP contribution in [0.25, 0.3) is 11.4 Å². The fourth-order valence-corrected chi connectivity index (χ4v) is 2.21. The summed E-state index contributed by atoms with van der Waals surface area (Å²) in [6, 6.07) is 16.0. The van der Waals surface area contributed by atoms with Crippen molar-refractivity contribution in [3.8, 4) is 17.5 Å². The standard InChI is InChI=1S/C17H12ClN7O/c18-14-7-5-12(6-8-14)10-20-21-16(26)11-25-23-17(22-24-25)15-4-2-1-3-13(15)9-19/h1-8,10H,11H2,(H,21,26)/b20-10-. The number of hydrogen-bond donors (Lipinski definition) is 1. The van der Waals surface area contributed by atoms with E-state index in [0.717, 1.165) is 10.4 Å². The van der Waals surface area contributed by atoms with Gasteiger partial charge in [0.15, 0.2) is 0 Å². The highest BCUT2D eigenvalue weighted by Gasteiger charge is 2.11. The molecule has 0 aliphatic carbocycles. The van der Waals surface area contributed by atoms with Crippen molar-refractivity contribution >= 4 is 23.7 Å². The number of benzene rings is 2. The largest absolute Gasteiger partial charge is 0.271 e. The number of amides is 1. The Labute approximate surface area is 153 Å². The van der Waals surface area contributed by atoms with Gasteiger partial charge in [0.25, 0.3) is 5.91 Å². The van der Waals surface area contributed by atoms with Crippen LogP contribution in [0.4, 0.5) is 0 Å². The minimum Gasteiger partial charge on any atom is -0.271 e. The first-order valence-corrected chi connectivity index (χ1v) is 7.88. The molecule has 1 N–H and O–H groups in total. The molecule has 0 aliphatic heterocycles. The van der Waals surface area contributed by atoms with Crippen LogP contribution in [-0.2, 0) is 11.3 Å². The number of rotatable bonds is 5. The number of carbonyl (C=O) groups excluding carboxylic acids is 1. The van der Waals surface area contributed by atoms with Crippen LogP contribution >= 0.6 is 11.6 Å². The second-order valence-electron chi connectivity index (χ2n) is 5.15. The summed E-state index contributed by atoms with van der Waals surface area (Å²) in [6.07, 6.45) is 1.50. The quantitative estimate of drug-likeness (QED) is 0.549. The highest BCUT2D eigenvalue weighted by Crippen LogP contribution is 2.17. The topological polar surface area (TPSA) is 109 Å². The minimum atomic E-state index is -0.410. The van der Waals surface area contributed by atoms with Crippen molar-refractivity contribution in [3.05, 3.63) is 64.7 Å². The molecule has 0 bridgehead atoms. The summed E-state index contributed by atoms with van der Waals surface area (Å²) in [4.78, 5) is 13.0. The van der Waals surface area contributed by atoms with Gasteiger partial charge in [-0.3, -0.25) is 4.79 Å². The van der Waals surface area contributed by atoms with Gasteiger partial charge in [0.05, 0.1) is 17.8 Å². The first-order valence-electron chi connectivity index (χ1n) is 7.50. The molecule has 26 heavy (non-hydrogen) atoms. The van der Waals surface area contributed by atoms with E-state index in [1.54, 1.807) is 48.5 Å². The van der Waals surface area contributed by atoms with Crippen molar-refractivity contribution in [2.24, 2.45) is 5.10 Å². The van der Waals surface area contributed by atoms with Crippen molar-refractivity contribution in [1.29, 1.82) is 5.26 Å². The van der Waals surface area contributed by atoms with Crippen molar-refractivity contribution in [2.75, 3.05) is 0 Å². The summed E-state index contributed by atoms with van der Waals surface area (Å²) < 4.78 is 0. The molecule has 8 nitrogen and oxygen atoms in total. The third-order valence-electron chi connectivity index (χ3n) is 3.30. The first-order chi connectivity index (χ1) is 12.7. The summed E-state index contributed by atoms with van der Waals surface area (Å²) in [5, 5.41) is 25.4. The number of nitrogens with one attached hydrogen (secondary N) is 1. The summed E-state index contributed by atoms with van der Waals surface area (Å²) in [7, 11) is 0. The molecule has 0 radical (unpaired) electrons. The van der Waals surface area contributed by atoms with Crippen molar-refractivity contribution in [1.82, 2.24) is 25.6 Å². The van der Waals surface area contributed by atoms with E-state index in [1.807, 2.05) is 0 Å². The van der Waals surface area contributed by atoms with Gasteiger partial charge in [0.1, 0.15) is 6.54 Å². The maximum atomic E-state index is 11.9. The molecule has 0 saturated heterocycles. The van der Waals surface area contributed by atoms with Crippen LogP contribution < -0.4 is 5.43 Å². The molecule has 9 heteroatoms. The van der Waals surface area contributed by atoms with Gasteiger partial charge in [0.2, 0.25) is 5.82 Å². The van der Waals surface area contributed by atoms with E-state index in [-0.39, 0.29) is 12.4 Å². The van der Waals surface area contributed by atoms with E-state index >= 15 is 0 Å². The Kier molecular flexibility index (Phi) is 5.31. The van der Waals surface area contributed by atoms with Gasteiger partial charge < -0.3 is 0 Å². The monoisotopic (exact) mass is 365 g/mol. The number of nitriles is 1. The molecule has 0 atom stereocenters. The molecule has 0 aliphatic rings. The summed E-state index contributed by atoms with van der Waals surface area (Å²) >= 11 is 5.80. The highest BCUT2D eigenvalue weighted by molar-refractivity contribution is 6.30. The number of tetrazole rings is 1. The van der Waals surface area contributed by atoms with Gasteiger partial charge in [0, 0.05) is 10.6 Å². The maximum Gasteiger partial charge on any atom is 0.263 e. The van der Waals surface area contributed by atoms with Gasteiger partial charge in [-0.05, 0) is 35.0 Å². The zero-order valence-electron chi connectivity index (χ0n) is 13.4. The van der Waals surface area contributed by atoms with Crippen LogP contribution in [0.1, 0.15) is 11.1 Å². The van der Waals surface area contributed by atoms with E-state index < -0.39 is 5.91 Å². The van der Waals surface area contributed by atoms with Gasteiger partial charge >= 0.3 is 0 Å². The fraction of sp³-hybridized carbons (Fsp3) is 0.0588. The second kappa shape index (κ2) is 8.00. The molecular formula is C17H12ClN7O. The highest BCUT2D eigenvalue weighted by atomic mass is 35.5. The lowest BCUT2D eigenvalue weighted by Crippen LogP contribution is -2.24. The van der Waals surface area contributed by atoms with E-state index in [2.05, 4.69) is 32.0 Å². The summed E-state index contributed by atoms with van der Waals surface area (Å²) in [6.45, 7) is -0.153. The lowest BCUT2D eigenvalue weighted by atomic mass is 10.1. The van der Waals surface area contributed by atoms with Gasteiger partial charge in [-0.25, -0.2) is 5.43 Å². The van der Waals surface area contributed by atoms with Crippen LogP contribution in [0.2, 0.25) is 5.02 Å². The number of halogens is 1. The van der Waals surface area contributed by atoms with Gasteiger partial charge in [-0.2, -0.15) is 15.2 Å². The zero-order valence-corrected chi connectivity index (χ0v) is 14.1. The summed E-state index contributed by atoms with van der Waals surface area (Å²) in [5.41, 5.74) is 4.17. The number of aromatic nitrogens is 4. The fourth-order valence-electron chi connectivity index (χ4n) is 2.09. The van der Waals surface area contributed by atoms with Crippen LogP contribution in [0, 0.1) is 11.3 Å². The minimum absolute atomic E-state index is 0.153. The number of hydrogen-bond acceptors (Lipinski definition) is 6. The molecule has 2 aromatic carbocycles. The Hall–Kier alpha value is -3.57. The predicted octanol–water partition coefficient (Wildman–Crippen LogP) is 2.02. The third-order valence-corrected chi connectivity index (χ3v) is 3.55. The number of nitrogens with zero attached hydrogens (tertiary/aromatic N) is 6. The second-order valence-corrected chi connectivity index (χ2v) is 5.58. The van der Waals surface area contributed by atoms with Gasteiger partial charge in [-0.15, -0.1) is 10.2 Å². The van der Waals surface area contributed by atoms with E-state index in [0.29, 0.717) is 16.1 Å². The molecular weight excluding hydrogens is 354 g/mol. The van der Waals surface area contributed by atoms with Crippen molar-refractivity contribution in [2.45, 2.75) is 6.54 Å². The van der Waals surface area contributed by atoms with Crippen LogP contribution in [0.5, 0.6) is 0 Å². The Morgan fingerprint density at radius 1 is 1.27 bits per heavy atom. The Morgan fingerprint density at radius 3 is 2.81 bits per heavy atom. The Morgan fingerprint density at radius 2 is 2.04 bits per heavy atom. The van der Waals surface area contributed by atoms with Crippen LogP contribution in [0.3, 0.4) is 0 Å². The van der Waals surface area contributed by atoms with E-state index in [4.69, 9.17) is 16.9 Å². The molecule has 0 fully saturated rings.